The van der Waals surface area contributed by atoms with Crippen molar-refractivity contribution in [3.63, 3.8) is 0 Å². The molecular weight excluding hydrogens is 409 g/mol. The molecule has 0 amide bonds. The maximum atomic E-state index is 12.4. The van der Waals surface area contributed by atoms with E-state index < -0.39 is 12.1 Å². The molecule has 6 nitrogen and oxygen atoms in total. The van der Waals surface area contributed by atoms with Gasteiger partial charge < -0.3 is 20.5 Å². The number of halogens is 4. The number of alkyl halides is 3. The molecule has 1 saturated carbocycles. The minimum Gasteiger partial charge on any atom is -0.404 e. The topological polar surface area (TPSA) is 79.3 Å². The van der Waals surface area contributed by atoms with E-state index in [1.54, 1.807) is 6.07 Å². The smallest absolute Gasteiger partial charge is 0.404 e. The zero-order chi connectivity index (χ0) is 21.2. The van der Waals surface area contributed by atoms with Gasteiger partial charge in [0, 0.05) is 17.7 Å². The minimum atomic E-state index is -4.81. The van der Waals surface area contributed by atoms with Crippen molar-refractivity contribution in [3.05, 3.63) is 35.0 Å². The molecule has 0 bridgehead atoms. The number of benzene rings is 1. The third-order valence-electron chi connectivity index (χ3n) is 4.49. The highest BCUT2D eigenvalue weighted by Crippen LogP contribution is 2.40. The normalized spacial score (nSPS) is 15.3. The van der Waals surface area contributed by atoms with Crippen LogP contribution in [0.3, 0.4) is 0 Å². The lowest BCUT2D eigenvalue weighted by Gasteiger charge is -2.20. The van der Waals surface area contributed by atoms with Gasteiger partial charge in [-0.3, -0.25) is 0 Å². The fourth-order valence-electron chi connectivity index (χ4n) is 2.71. The SMILES string of the molecule is CC(C)[C@H](CO)Nc1nc(Nc2ccc(OC(F)(F)F)c(Cl)c2)cc(C2CC2)n1. The summed E-state index contributed by atoms with van der Waals surface area (Å²) in [6.45, 7) is 3.89. The lowest BCUT2D eigenvalue weighted by Crippen LogP contribution is -2.30. The van der Waals surface area contributed by atoms with Gasteiger partial charge in [-0.1, -0.05) is 25.4 Å². The Labute approximate surface area is 171 Å². The van der Waals surface area contributed by atoms with Crippen LogP contribution in [0.1, 0.15) is 38.3 Å². The molecule has 3 rings (SSSR count). The molecule has 3 N–H and O–H groups in total. The number of ether oxygens (including phenoxy) is 1. The Bertz CT molecular complexity index is 860. The molecule has 1 heterocycles. The third kappa shape index (κ3) is 6.11. The Morgan fingerprint density at radius 3 is 2.52 bits per heavy atom. The van der Waals surface area contributed by atoms with Gasteiger partial charge in [0.15, 0.2) is 0 Å². The van der Waals surface area contributed by atoms with Gasteiger partial charge in [-0.15, -0.1) is 13.2 Å². The summed E-state index contributed by atoms with van der Waals surface area (Å²) in [5.74, 6) is 0.913. The first-order valence-electron chi connectivity index (χ1n) is 9.23. The van der Waals surface area contributed by atoms with E-state index in [2.05, 4.69) is 25.3 Å². The van der Waals surface area contributed by atoms with E-state index in [9.17, 15) is 18.3 Å². The van der Waals surface area contributed by atoms with Crippen molar-refractivity contribution in [1.82, 2.24) is 9.97 Å². The number of hydrogen-bond acceptors (Lipinski definition) is 6. The highest BCUT2D eigenvalue weighted by Gasteiger charge is 2.32. The van der Waals surface area contributed by atoms with Gasteiger partial charge >= 0.3 is 6.36 Å². The number of anilines is 3. The van der Waals surface area contributed by atoms with Crippen LogP contribution in [0.4, 0.5) is 30.6 Å². The fraction of sp³-hybridized carbons (Fsp3) is 0.474. The molecule has 1 aliphatic rings. The van der Waals surface area contributed by atoms with E-state index in [4.69, 9.17) is 11.6 Å². The monoisotopic (exact) mass is 430 g/mol. The highest BCUT2D eigenvalue weighted by molar-refractivity contribution is 6.32. The van der Waals surface area contributed by atoms with Gasteiger partial charge in [-0.2, -0.15) is 4.98 Å². The summed E-state index contributed by atoms with van der Waals surface area (Å²) in [6.07, 6.45) is -2.73. The first-order valence-corrected chi connectivity index (χ1v) is 9.61. The molecule has 1 fully saturated rings. The molecule has 0 aliphatic heterocycles. The molecule has 0 spiro atoms. The minimum absolute atomic E-state index is 0.0618. The van der Waals surface area contributed by atoms with Crippen LogP contribution in [0.15, 0.2) is 24.3 Å². The molecule has 1 aliphatic carbocycles. The van der Waals surface area contributed by atoms with Crippen molar-refractivity contribution in [2.24, 2.45) is 5.92 Å². The molecule has 1 aromatic heterocycles. The first kappa shape index (κ1) is 21.4. The van der Waals surface area contributed by atoms with Crippen molar-refractivity contribution in [1.29, 1.82) is 0 Å². The quantitative estimate of drug-likeness (QED) is 0.542. The molecular formula is C19H22ClF3N4O2. The summed E-state index contributed by atoms with van der Waals surface area (Å²) in [5.41, 5.74) is 1.33. The van der Waals surface area contributed by atoms with Crippen LogP contribution >= 0.6 is 11.6 Å². The Hall–Kier alpha value is -2.26. The summed E-state index contributed by atoms with van der Waals surface area (Å²) in [6, 6.07) is 5.50. The van der Waals surface area contributed by atoms with Gasteiger partial charge in [-0.05, 0) is 37.0 Å². The fourth-order valence-corrected chi connectivity index (χ4v) is 2.92. The van der Waals surface area contributed by atoms with Crippen LogP contribution in [0, 0.1) is 5.92 Å². The molecule has 0 saturated heterocycles. The van der Waals surface area contributed by atoms with Crippen molar-refractivity contribution >= 4 is 29.1 Å². The molecule has 0 unspecified atom stereocenters. The van der Waals surface area contributed by atoms with E-state index in [1.165, 1.54) is 12.1 Å². The van der Waals surface area contributed by atoms with E-state index in [1.807, 2.05) is 13.8 Å². The van der Waals surface area contributed by atoms with Crippen LogP contribution in [0.5, 0.6) is 5.75 Å². The molecule has 29 heavy (non-hydrogen) atoms. The average molecular weight is 431 g/mol. The first-order chi connectivity index (χ1) is 13.6. The van der Waals surface area contributed by atoms with Gasteiger partial charge in [0.25, 0.3) is 0 Å². The predicted molar refractivity (Wildman–Crippen MR) is 105 cm³/mol. The van der Waals surface area contributed by atoms with Crippen molar-refractivity contribution in [2.75, 3.05) is 17.2 Å². The average Bonchev–Trinajstić information content (AvgIpc) is 3.46. The molecule has 1 atom stereocenters. The number of aliphatic hydroxyl groups excluding tert-OH is 1. The Balaban J connectivity index is 1.82. The standard InChI is InChI=1S/C19H22ClF3N4O2/c1-10(2)15(9-28)26-18-25-14(11-3-4-11)8-17(27-18)24-12-5-6-16(13(20)7-12)29-19(21,22)23/h5-8,10-11,15,28H,3-4,9H2,1-2H3,(H2,24,25,26,27)/t15-/m0/s1. The van der Waals surface area contributed by atoms with Gasteiger partial charge in [0.2, 0.25) is 5.95 Å². The molecule has 0 radical (unpaired) electrons. The van der Waals surface area contributed by atoms with Gasteiger partial charge in [-0.25, -0.2) is 4.98 Å². The summed E-state index contributed by atoms with van der Waals surface area (Å²) < 4.78 is 41.0. The maximum Gasteiger partial charge on any atom is 0.573 e. The second kappa shape index (κ2) is 8.62. The maximum absolute atomic E-state index is 12.4. The number of aliphatic hydroxyl groups is 1. The summed E-state index contributed by atoms with van der Waals surface area (Å²) in [5, 5.41) is 15.6. The number of nitrogens with zero attached hydrogens (tertiary/aromatic N) is 2. The van der Waals surface area contributed by atoms with Crippen molar-refractivity contribution in [3.8, 4) is 5.75 Å². The summed E-state index contributed by atoms with van der Waals surface area (Å²) in [4.78, 5) is 8.96. The van der Waals surface area contributed by atoms with Crippen LogP contribution in [-0.2, 0) is 0 Å². The molecule has 2 aromatic rings. The largest absolute Gasteiger partial charge is 0.573 e. The Morgan fingerprint density at radius 2 is 1.97 bits per heavy atom. The lowest BCUT2D eigenvalue weighted by atomic mass is 10.1. The number of rotatable bonds is 8. The third-order valence-corrected chi connectivity index (χ3v) is 4.78. The van der Waals surface area contributed by atoms with Crippen molar-refractivity contribution < 1.29 is 23.0 Å². The summed E-state index contributed by atoms with van der Waals surface area (Å²) >= 11 is 5.91. The Kier molecular flexibility index (Phi) is 6.38. The lowest BCUT2D eigenvalue weighted by molar-refractivity contribution is -0.274. The Morgan fingerprint density at radius 1 is 1.24 bits per heavy atom. The zero-order valence-electron chi connectivity index (χ0n) is 15.9. The molecule has 10 heteroatoms. The van der Waals surface area contributed by atoms with E-state index in [0.717, 1.165) is 24.6 Å². The van der Waals surface area contributed by atoms with Crippen LogP contribution in [0.2, 0.25) is 5.02 Å². The predicted octanol–water partition coefficient (Wildman–Crippen LogP) is 5.08. The molecule has 1 aromatic carbocycles. The number of aromatic nitrogens is 2. The van der Waals surface area contributed by atoms with Crippen LogP contribution in [0.25, 0.3) is 0 Å². The van der Waals surface area contributed by atoms with Crippen LogP contribution < -0.4 is 15.4 Å². The summed E-state index contributed by atoms with van der Waals surface area (Å²) in [7, 11) is 0. The zero-order valence-corrected chi connectivity index (χ0v) is 16.7. The molecule has 158 valence electrons. The van der Waals surface area contributed by atoms with E-state index in [0.29, 0.717) is 23.4 Å². The van der Waals surface area contributed by atoms with E-state index in [-0.39, 0.29) is 23.6 Å². The number of nitrogens with one attached hydrogen (secondary N) is 2. The van der Waals surface area contributed by atoms with Crippen LogP contribution in [-0.4, -0.2) is 34.1 Å². The van der Waals surface area contributed by atoms with E-state index >= 15 is 0 Å². The van der Waals surface area contributed by atoms with Gasteiger partial charge in [0.1, 0.15) is 11.6 Å². The second-order valence-electron chi connectivity index (χ2n) is 7.27. The highest BCUT2D eigenvalue weighted by atomic mass is 35.5. The van der Waals surface area contributed by atoms with Gasteiger partial charge in [0.05, 0.1) is 23.4 Å². The number of hydrogen-bond donors (Lipinski definition) is 3. The second-order valence-corrected chi connectivity index (χ2v) is 7.68. The van der Waals surface area contributed by atoms with Crippen molar-refractivity contribution in [2.45, 2.75) is 45.0 Å².